The summed E-state index contributed by atoms with van der Waals surface area (Å²) in [6.07, 6.45) is 0. The molecule has 0 bridgehead atoms. The van der Waals surface area contributed by atoms with Crippen LogP contribution in [0, 0.1) is 6.92 Å². The maximum atomic E-state index is 4.18. The van der Waals surface area contributed by atoms with Crippen molar-refractivity contribution in [3.05, 3.63) is 22.2 Å². The van der Waals surface area contributed by atoms with E-state index >= 15 is 0 Å². The zero-order valence-corrected chi connectivity index (χ0v) is 8.24. The Kier molecular flexibility index (Phi) is 1.65. The fourth-order valence-electron chi connectivity index (χ4n) is 0.960. The molecule has 0 unspecified atom stereocenters. The molecule has 0 N–H and O–H groups in total. The van der Waals surface area contributed by atoms with Crippen LogP contribution in [-0.2, 0) is 0 Å². The summed E-state index contributed by atoms with van der Waals surface area (Å²) in [5.74, 6) is 0. The molecule has 4 heteroatoms. The summed E-state index contributed by atoms with van der Waals surface area (Å²) in [5.41, 5.74) is 3.15. The molecule has 1 heterocycles. The van der Waals surface area contributed by atoms with Gasteiger partial charge in [-0.15, -0.1) is 0 Å². The Bertz CT molecular complexity index is 360. The summed E-state index contributed by atoms with van der Waals surface area (Å²) in [7, 11) is 0. The highest BCUT2D eigenvalue weighted by molar-refractivity contribution is 9.10. The average molecular weight is 229 g/mol. The van der Waals surface area contributed by atoms with Gasteiger partial charge in [-0.05, 0) is 34.5 Å². The molecule has 56 valence electrons. The average Bonchev–Trinajstić information content (AvgIpc) is 2.45. The summed E-state index contributed by atoms with van der Waals surface area (Å²) in [6, 6.07) is 4.03. The van der Waals surface area contributed by atoms with E-state index in [1.165, 1.54) is 17.3 Å². The Morgan fingerprint density at radius 1 is 1.27 bits per heavy atom. The van der Waals surface area contributed by atoms with Crippen molar-refractivity contribution in [3.8, 4) is 0 Å². The van der Waals surface area contributed by atoms with E-state index in [1.54, 1.807) is 0 Å². The van der Waals surface area contributed by atoms with Gasteiger partial charge in [-0.25, -0.2) is 0 Å². The van der Waals surface area contributed by atoms with E-state index in [0.29, 0.717) is 0 Å². The minimum atomic E-state index is 0.968. The molecule has 0 saturated carbocycles. The number of benzene rings is 1. The van der Waals surface area contributed by atoms with Gasteiger partial charge in [0.05, 0.1) is 11.7 Å². The van der Waals surface area contributed by atoms with Crippen molar-refractivity contribution in [2.24, 2.45) is 0 Å². The zero-order valence-electron chi connectivity index (χ0n) is 5.84. The van der Waals surface area contributed by atoms with Crippen molar-refractivity contribution in [3.63, 3.8) is 0 Å². The van der Waals surface area contributed by atoms with Gasteiger partial charge in [0.1, 0.15) is 11.0 Å². The summed E-state index contributed by atoms with van der Waals surface area (Å²) in [6.45, 7) is 2.04. The largest absolute Gasteiger partial charge is 0.173 e. The number of hydrogen-bond acceptors (Lipinski definition) is 3. The molecule has 0 saturated heterocycles. The molecule has 0 aliphatic heterocycles. The van der Waals surface area contributed by atoms with Gasteiger partial charge < -0.3 is 0 Å². The molecular weight excluding hydrogens is 224 g/mol. The summed E-state index contributed by atoms with van der Waals surface area (Å²) in [4.78, 5) is 0. The van der Waals surface area contributed by atoms with Crippen LogP contribution in [0.1, 0.15) is 5.56 Å². The fraction of sp³-hybridized carbons (Fsp3) is 0.143. The minimum Gasteiger partial charge on any atom is -0.173 e. The topological polar surface area (TPSA) is 25.8 Å². The van der Waals surface area contributed by atoms with Crippen molar-refractivity contribution in [1.29, 1.82) is 0 Å². The van der Waals surface area contributed by atoms with Crippen LogP contribution in [0.2, 0.25) is 0 Å². The summed E-state index contributed by atoms with van der Waals surface area (Å²) >= 11 is 4.67. The summed E-state index contributed by atoms with van der Waals surface area (Å²) < 4.78 is 9.36. The zero-order chi connectivity index (χ0) is 7.84. The van der Waals surface area contributed by atoms with E-state index < -0.39 is 0 Å². The molecular formula is C7H5BrN2S. The second-order valence-electron chi connectivity index (χ2n) is 2.33. The number of halogens is 1. The van der Waals surface area contributed by atoms with E-state index in [0.717, 1.165) is 15.5 Å². The fourth-order valence-corrected chi connectivity index (χ4v) is 2.11. The highest BCUT2D eigenvalue weighted by atomic mass is 79.9. The van der Waals surface area contributed by atoms with E-state index in [9.17, 15) is 0 Å². The van der Waals surface area contributed by atoms with Crippen LogP contribution in [0.15, 0.2) is 16.6 Å². The second-order valence-corrected chi connectivity index (χ2v) is 3.71. The minimum absolute atomic E-state index is 0.968. The monoisotopic (exact) mass is 228 g/mol. The maximum Gasteiger partial charge on any atom is 0.119 e. The Labute approximate surface area is 76.7 Å². The quantitative estimate of drug-likeness (QED) is 0.694. The highest BCUT2D eigenvalue weighted by Gasteiger charge is 2.04. The van der Waals surface area contributed by atoms with Crippen LogP contribution in [0.5, 0.6) is 0 Å². The Balaban J connectivity index is 2.96. The van der Waals surface area contributed by atoms with Crippen molar-refractivity contribution < 1.29 is 0 Å². The first-order valence-corrected chi connectivity index (χ1v) is 4.69. The maximum absolute atomic E-state index is 4.18. The first-order valence-electron chi connectivity index (χ1n) is 3.16. The predicted molar refractivity (Wildman–Crippen MR) is 49.9 cm³/mol. The van der Waals surface area contributed by atoms with Gasteiger partial charge >= 0.3 is 0 Å². The third-order valence-corrected chi connectivity index (χ3v) is 2.74. The molecule has 0 radical (unpaired) electrons. The SMILES string of the molecule is Cc1ccc(Br)c2nsnc12. The molecule has 2 aromatic rings. The highest BCUT2D eigenvalue weighted by Crippen LogP contribution is 2.24. The number of aryl methyl sites for hydroxylation is 1. The molecule has 1 aromatic heterocycles. The van der Waals surface area contributed by atoms with Gasteiger partial charge in [0.25, 0.3) is 0 Å². The number of fused-ring (bicyclic) bond motifs is 1. The van der Waals surface area contributed by atoms with Crippen LogP contribution in [0.3, 0.4) is 0 Å². The van der Waals surface area contributed by atoms with Gasteiger partial charge in [0.2, 0.25) is 0 Å². The van der Waals surface area contributed by atoms with Gasteiger partial charge in [0.15, 0.2) is 0 Å². The van der Waals surface area contributed by atoms with Crippen LogP contribution in [-0.4, -0.2) is 8.75 Å². The van der Waals surface area contributed by atoms with Crippen LogP contribution < -0.4 is 0 Å². The third kappa shape index (κ3) is 1.06. The molecule has 0 spiro atoms. The lowest BCUT2D eigenvalue weighted by Crippen LogP contribution is -1.76. The molecule has 0 aliphatic rings. The van der Waals surface area contributed by atoms with Gasteiger partial charge in [-0.1, -0.05) is 6.07 Å². The predicted octanol–water partition coefficient (Wildman–Crippen LogP) is 2.76. The molecule has 0 fully saturated rings. The van der Waals surface area contributed by atoms with E-state index in [1.807, 2.05) is 19.1 Å². The Hall–Kier alpha value is -0.480. The first kappa shape index (κ1) is 7.18. The molecule has 0 atom stereocenters. The number of aromatic nitrogens is 2. The van der Waals surface area contributed by atoms with Crippen molar-refractivity contribution in [2.75, 3.05) is 0 Å². The molecule has 0 amide bonds. The molecule has 1 aromatic carbocycles. The molecule has 0 aliphatic carbocycles. The van der Waals surface area contributed by atoms with Gasteiger partial charge in [-0.2, -0.15) is 8.75 Å². The van der Waals surface area contributed by atoms with Crippen molar-refractivity contribution in [1.82, 2.24) is 8.75 Å². The standard InChI is InChI=1S/C7H5BrN2S/c1-4-2-3-5(8)7-6(4)9-11-10-7/h2-3H,1H3. The summed E-state index contributed by atoms with van der Waals surface area (Å²) in [5, 5.41) is 0. The van der Waals surface area contributed by atoms with Crippen molar-refractivity contribution >= 4 is 38.7 Å². The molecule has 11 heavy (non-hydrogen) atoms. The van der Waals surface area contributed by atoms with E-state index in [4.69, 9.17) is 0 Å². The normalized spacial score (nSPS) is 10.7. The molecule has 2 rings (SSSR count). The van der Waals surface area contributed by atoms with E-state index in [2.05, 4.69) is 24.7 Å². The van der Waals surface area contributed by atoms with Crippen LogP contribution >= 0.6 is 27.7 Å². The number of hydrogen-bond donors (Lipinski definition) is 0. The number of nitrogens with zero attached hydrogens (tertiary/aromatic N) is 2. The van der Waals surface area contributed by atoms with Crippen molar-refractivity contribution in [2.45, 2.75) is 6.92 Å². The Morgan fingerprint density at radius 2 is 2.00 bits per heavy atom. The first-order chi connectivity index (χ1) is 5.29. The third-order valence-electron chi connectivity index (χ3n) is 1.57. The van der Waals surface area contributed by atoms with E-state index in [-0.39, 0.29) is 0 Å². The lowest BCUT2D eigenvalue weighted by Gasteiger charge is -1.93. The smallest absolute Gasteiger partial charge is 0.119 e. The van der Waals surface area contributed by atoms with Crippen LogP contribution in [0.25, 0.3) is 11.0 Å². The lowest BCUT2D eigenvalue weighted by atomic mass is 10.2. The molecule has 2 nitrogen and oxygen atoms in total. The lowest BCUT2D eigenvalue weighted by molar-refractivity contribution is 1.47. The van der Waals surface area contributed by atoms with Gasteiger partial charge in [-0.3, -0.25) is 0 Å². The Morgan fingerprint density at radius 3 is 2.73 bits per heavy atom. The van der Waals surface area contributed by atoms with Gasteiger partial charge in [0, 0.05) is 4.47 Å². The van der Waals surface area contributed by atoms with Crippen LogP contribution in [0.4, 0.5) is 0 Å². The second kappa shape index (κ2) is 2.53. The number of rotatable bonds is 0.